The topological polar surface area (TPSA) is 164 Å². The van der Waals surface area contributed by atoms with Crippen LogP contribution >= 0.6 is 47.1 Å². The average molecular weight is 768 g/mol. The number of carbonyl (C=O) groups is 3. The van der Waals surface area contributed by atoms with Crippen LogP contribution in [0.5, 0.6) is 0 Å². The molecular formula is C32H37N3O9S5. The summed E-state index contributed by atoms with van der Waals surface area (Å²) in [6.07, 6.45) is 4.74. The SMILES string of the molecule is CC.CCC.COS(=O)(=O)CCCN1/C(=C/C=c2/s/c(=C3\SC(=S)N(CC(=O)O)C3=O)n(CC(=O)O)c2=O)Sc2ccc3ccccc3c21. The first-order chi connectivity index (χ1) is 23.3. The van der Waals surface area contributed by atoms with E-state index in [4.69, 9.17) is 17.3 Å². The summed E-state index contributed by atoms with van der Waals surface area (Å²) in [6, 6.07) is 11.7. The number of hydrogen-bond donors (Lipinski definition) is 2. The summed E-state index contributed by atoms with van der Waals surface area (Å²) in [5, 5.41) is 21.3. The van der Waals surface area contributed by atoms with Gasteiger partial charge in [-0.15, -0.1) is 11.3 Å². The fourth-order valence-corrected chi connectivity index (χ4v) is 8.84. The monoisotopic (exact) mass is 767 g/mol. The van der Waals surface area contributed by atoms with Crippen molar-refractivity contribution in [1.29, 1.82) is 0 Å². The number of rotatable bonds is 10. The second kappa shape index (κ2) is 18.0. The van der Waals surface area contributed by atoms with Gasteiger partial charge in [0.1, 0.15) is 27.0 Å². The third kappa shape index (κ3) is 9.61. The molecule has 17 heteroatoms. The Hall–Kier alpha value is -3.48. The van der Waals surface area contributed by atoms with E-state index in [-0.39, 0.29) is 30.6 Å². The van der Waals surface area contributed by atoms with Gasteiger partial charge in [0, 0.05) is 16.8 Å². The maximum atomic E-state index is 13.4. The number of fused-ring (bicyclic) bond motifs is 3. The Kier molecular flexibility index (Phi) is 14.6. The number of aromatic nitrogens is 1. The lowest BCUT2D eigenvalue weighted by Crippen LogP contribution is -2.36. The lowest BCUT2D eigenvalue weighted by Gasteiger charge is -2.21. The highest BCUT2D eigenvalue weighted by atomic mass is 32.2. The van der Waals surface area contributed by atoms with E-state index in [9.17, 15) is 32.7 Å². The van der Waals surface area contributed by atoms with Gasteiger partial charge in [0.15, 0.2) is 0 Å². The maximum Gasteiger partial charge on any atom is 0.323 e. The summed E-state index contributed by atoms with van der Waals surface area (Å²) in [5.74, 6) is -3.49. The number of amides is 1. The van der Waals surface area contributed by atoms with Crippen LogP contribution in [0.25, 0.3) is 21.8 Å². The van der Waals surface area contributed by atoms with Gasteiger partial charge < -0.3 is 15.1 Å². The summed E-state index contributed by atoms with van der Waals surface area (Å²) in [5.41, 5.74) is 0.254. The molecule has 0 atom stereocenters. The number of allylic oxidation sites excluding steroid dienone is 1. The number of nitrogens with zero attached hydrogens (tertiary/aromatic N) is 3. The van der Waals surface area contributed by atoms with E-state index in [0.717, 1.165) is 61.0 Å². The van der Waals surface area contributed by atoms with Gasteiger partial charge in [-0.3, -0.25) is 32.8 Å². The number of thiocarbonyl (C=S) groups is 1. The Bertz CT molecular complexity index is 2070. The van der Waals surface area contributed by atoms with Gasteiger partial charge >= 0.3 is 11.9 Å². The van der Waals surface area contributed by atoms with Gasteiger partial charge in [-0.25, -0.2) is 0 Å². The average Bonchev–Trinajstić information content (AvgIpc) is 3.67. The highest BCUT2D eigenvalue weighted by Gasteiger charge is 2.35. The molecule has 2 N–H and O–H groups in total. The van der Waals surface area contributed by atoms with Crippen molar-refractivity contribution in [2.75, 3.05) is 30.9 Å². The number of hydrogen-bond acceptors (Lipinski definition) is 12. The molecule has 1 saturated heterocycles. The Labute approximate surface area is 301 Å². The molecule has 2 aliphatic rings. The second-order valence-electron chi connectivity index (χ2n) is 10.1. The first-order valence-electron chi connectivity index (χ1n) is 15.2. The Morgan fingerprint density at radius 3 is 2.24 bits per heavy atom. The van der Waals surface area contributed by atoms with Crippen LogP contribution in [0.2, 0.25) is 0 Å². The summed E-state index contributed by atoms with van der Waals surface area (Å²) < 4.78 is 29.7. The minimum atomic E-state index is -3.68. The first kappa shape index (κ1) is 40.0. The number of carboxylic acids is 2. The van der Waals surface area contributed by atoms with Gasteiger partial charge in [-0.05, 0) is 30.0 Å². The number of thioether (sulfide) groups is 2. The fourth-order valence-electron chi connectivity index (χ4n) is 4.63. The number of thiazole rings is 1. The predicted octanol–water partition coefficient (Wildman–Crippen LogP) is 4.24. The summed E-state index contributed by atoms with van der Waals surface area (Å²) in [6.45, 7) is 7.20. The van der Waals surface area contributed by atoms with E-state index in [0.29, 0.717) is 11.6 Å². The highest BCUT2D eigenvalue weighted by Crippen LogP contribution is 2.49. The lowest BCUT2D eigenvalue weighted by molar-refractivity contribution is -0.140. The molecule has 0 unspecified atom stereocenters. The number of benzene rings is 2. The molecule has 0 spiro atoms. The zero-order valence-corrected chi connectivity index (χ0v) is 31.6. The fraction of sp³-hybridized carbons (Fsp3) is 0.344. The van der Waals surface area contributed by atoms with Crippen molar-refractivity contribution in [3.05, 3.63) is 67.1 Å². The molecule has 5 rings (SSSR count). The van der Waals surface area contributed by atoms with Crippen molar-refractivity contribution in [3.63, 3.8) is 0 Å². The van der Waals surface area contributed by atoms with Crippen LogP contribution in [0.15, 0.2) is 57.2 Å². The molecule has 0 radical (unpaired) electrons. The van der Waals surface area contributed by atoms with Crippen LogP contribution in [-0.2, 0) is 35.2 Å². The van der Waals surface area contributed by atoms with Crippen LogP contribution in [0.3, 0.4) is 0 Å². The minimum Gasteiger partial charge on any atom is -0.480 e. The maximum absolute atomic E-state index is 13.4. The Morgan fingerprint density at radius 1 is 0.959 bits per heavy atom. The quantitative estimate of drug-likeness (QED) is 0.223. The third-order valence-corrected chi connectivity index (χ3v) is 11.7. The van der Waals surface area contributed by atoms with Gasteiger partial charge in [0.05, 0.1) is 28.1 Å². The van der Waals surface area contributed by atoms with E-state index in [1.54, 1.807) is 6.08 Å². The van der Waals surface area contributed by atoms with Crippen molar-refractivity contribution in [2.24, 2.45) is 0 Å². The van der Waals surface area contributed by atoms with E-state index < -0.39 is 46.6 Å². The molecule has 1 amide bonds. The summed E-state index contributed by atoms with van der Waals surface area (Å²) in [7, 11) is -2.56. The highest BCUT2D eigenvalue weighted by molar-refractivity contribution is 8.30. The molecule has 12 nitrogen and oxygen atoms in total. The Morgan fingerprint density at radius 2 is 1.61 bits per heavy atom. The molecular weight excluding hydrogens is 731 g/mol. The zero-order valence-electron chi connectivity index (χ0n) is 27.5. The molecule has 0 saturated carbocycles. The Balaban J connectivity index is 0.00000123. The molecule has 0 aliphatic carbocycles. The van der Waals surface area contributed by atoms with Gasteiger partial charge in [-0.2, -0.15) is 8.42 Å². The van der Waals surface area contributed by atoms with E-state index in [1.807, 2.05) is 55.1 Å². The molecule has 49 heavy (non-hydrogen) atoms. The van der Waals surface area contributed by atoms with E-state index in [1.165, 1.54) is 24.3 Å². The van der Waals surface area contributed by atoms with Crippen molar-refractivity contribution >= 4 is 107 Å². The van der Waals surface area contributed by atoms with Crippen molar-refractivity contribution in [1.82, 2.24) is 9.47 Å². The molecule has 1 aromatic heterocycles. The number of anilines is 1. The second-order valence-corrected chi connectivity index (χ2v) is 15.7. The number of aliphatic carboxylic acids is 2. The van der Waals surface area contributed by atoms with Crippen molar-refractivity contribution in [3.8, 4) is 0 Å². The largest absolute Gasteiger partial charge is 0.480 e. The van der Waals surface area contributed by atoms with Crippen molar-refractivity contribution in [2.45, 2.75) is 52.0 Å². The van der Waals surface area contributed by atoms with Gasteiger partial charge in [0.2, 0.25) is 0 Å². The molecule has 0 bridgehead atoms. The van der Waals surface area contributed by atoms with Crippen LogP contribution in [0, 0.1) is 0 Å². The normalized spacial score (nSPS) is 16.4. The van der Waals surface area contributed by atoms with E-state index >= 15 is 0 Å². The molecule has 3 heterocycles. The molecule has 3 aromatic rings. The van der Waals surface area contributed by atoms with Crippen LogP contribution in [0.4, 0.5) is 5.69 Å². The van der Waals surface area contributed by atoms with Crippen LogP contribution < -0.4 is 19.7 Å². The summed E-state index contributed by atoms with van der Waals surface area (Å²) >= 11 is 8.31. The van der Waals surface area contributed by atoms with Gasteiger partial charge in [0.25, 0.3) is 21.6 Å². The van der Waals surface area contributed by atoms with Gasteiger partial charge in [-0.1, -0.05) is 100 Å². The predicted molar refractivity (Wildman–Crippen MR) is 201 cm³/mol. The standard InChI is InChI=1S/C27H23N3O9S5.C3H8.C2H6/c1-39-44(37,38)12-4-11-28-19(41-17-8-7-15-5-2-3-6-16(15)22(17)28)10-9-18-24(35)29(13-20(31)32)26(42-18)23-25(36)30(14-21(33)34)27(40)43-23;1-3-2;1-2/h2-3,5-10H,4,11-14H2,1H3,(H,31,32)(H,33,34);3H2,1-2H3;1-2H3/b18-9+,19-10-,26-23-;;. The smallest absolute Gasteiger partial charge is 0.323 e. The third-order valence-electron chi connectivity index (χ3n) is 6.56. The zero-order chi connectivity index (χ0) is 36.5. The minimum absolute atomic E-state index is 0.0127. The summed E-state index contributed by atoms with van der Waals surface area (Å²) in [4.78, 5) is 53.1. The molecule has 1 fully saturated rings. The molecule has 264 valence electrons. The number of carboxylic acid groups (broad SMARTS) is 2. The number of carbonyl (C=O) groups excluding carboxylic acids is 1. The lowest BCUT2D eigenvalue weighted by atomic mass is 10.1. The van der Waals surface area contributed by atoms with Crippen LogP contribution in [-0.4, -0.2) is 76.2 Å². The van der Waals surface area contributed by atoms with Crippen molar-refractivity contribution < 1.29 is 37.2 Å². The van der Waals surface area contributed by atoms with E-state index in [2.05, 4.69) is 18.0 Å². The first-order valence-corrected chi connectivity index (χ1v) is 19.6. The molecule has 2 aliphatic heterocycles. The van der Waals surface area contributed by atoms with Crippen LogP contribution in [0.1, 0.15) is 40.5 Å². The molecule has 2 aromatic carbocycles.